The van der Waals surface area contributed by atoms with Gasteiger partial charge in [0.15, 0.2) is 0 Å². The molecule has 134 valence electrons. The lowest BCUT2D eigenvalue weighted by molar-refractivity contribution is -0.125. The van der Waals surface area contributed by atoms with Crippen molar-refractivity contribution in [3.8, 4) is 0 Å². The number of fused-ring (bicyclic) bond motifs is 2. The molecule has 1 aromatic rings. The molecular weight excluding hydrogens is 320 g/mol. The number of hydrogen-bond donors (Lipinski definition) is 1. The second-order valence-electron chi connectivity index (χ2n) is 7.50. The van der Waals surface area contributed by atoms with E-state index in [1.165, 1.54) is 30.4 Å². The predicted molar refractivity (Wildman–Crippen MR) is 103 cm³/mol. The highest BCUT2D eigenvalue weighted by molar-refractivity contribution is 5.96. The number of nitrogens with zero attached hydrogens (tertiary/aromatic N) is 1. The fraction of sp³-hybridized carbons (Fsp3) is 0.650. The Balaban J connectivity index is 0.00000208. The first-order valence-corrected chi connectivity index (χ1v) is 9.16. The lowest BCUT2D eigenvalue weighted by atomic mass is 9.65. The van der Waals surface area contributed by atoms with Crippen molar-refractivity contribution in [2.45, 2.75) is 58.9 Å². The number of halogens is 1. The zero-order valence-electron chi connectivity index (χ0n) is 15.1. The highest BCUT2D eigenvalue weighted by Gasteiger charge is 2.41. The predicted octanol–water partition coefficient (Wildman–Crippen LogP) is 4.23. The molecule has 0 aromatic heterocycles. The summed E-state index contributed by atoms with van der Waals surface area (Å²) in [6.45, 7) is 7.05. The molecule has 0 radical (unpaired) electrons. The Hall–Kier alpha value is -1.06. The zero-order valence-corrected chi connectivity index (χ0v) is 15.9. The van der Waals surface area contributed by atoms with E-state index in [1.54, 1.807) is 0 Å². The number of benzene rings is 1. The van der Waals surface area contributed by atoms with Gasteiger partial charge in [-0.2, -0.15) is 0 Å². The number of hydrogen-bond acceptors (Lipinski definition) is 2. The monoisotopic (exact) mass is 350 g/mol. The summed E-state index contributed by atoms with van der Waals surface area (Å²) >= 11 is 0. The molecule has 1 amide bonds. The topological polar surface area (TPSA) is 46.3 Å². The largest absolute Gasteiger partial charge is 0.327 e. The van der Waals surface area contributed by atoms with Gasteiger partial charge in [-0.05, 0) is 75.5 Å². The van der Waals surface area contributed by atoms with Gasteiger partial charge >= 0.3 is 0 Å². The van der Waals surface area contributed by atoms with Gasteiger partial charge in [0.1, 0.15) is 0 Å². The van der Waals surface area contributed by atoms with E-state index < -0.39 is 0 Å². The third-order valence-electron chi connectivity index (χ3n) is 6.21. The highest BCUT2D eigenvalue weighted by Crippen LogP contribution is 2.42. The van der Waals surface area contributed by atoms with Gasteiger partial charge in [-0.15, -0.1) is 12.4 Å². The minimum Gasteiger partial charge on any atom is -0.327 e. The van der Waals surface area contributed by atoms with Crippen LogP contribution < -0.4 is 10.6 Å². The number of anilines is 1. The van der Waals surface area contributed by atoms with E-state index in [9.17, 15) is 4.79 Å². The van der Waals surface area contributed by atoms with Crippen molar-refractivity contribution in [3.63, 3.8) is 0 Å². The van der Waals surface area contributed by atoms with Crippen LogP contribution in [-0.2, 0) is 4.79 Å². The van der Waals surface area contributed by atoms with Gasteiger partial charge in [0.25, 0.3) is 0 Å². The summed E-state index contributed by atoms with van der Waals surface area (Å²) < 4.78 is 0. The third kappa shape index (κ3) is 3.48. The molecule has 2 fully saturated rings. The number of rotatable bonds is 3. The van der Waals surface area contributed by atoms with Crippen LogP contribution in [0.3, 0.4) is 0 Å². The molecule has 0 aliphatic heterocycles. The molecule has 0 saturated heterocycles. The molecule has 3 nitrogen and oxygen atoms in total. The van der Waals surface area contributed by atoms with Crippen LogP contribution in [0.5, 0.6) is 0 Å². The molecule has 2 bridgehead atoms. The minimum absolute atomic E-state index is 0. The van der Waals surface area contributed by atoms with Crippen LogP contribution in [-0.4, -0.2) is 18.5 Å². The van der Waals surface area contributed by atoms with Gasteiger partial charge in [0, 0.05) is 24.2 Å². The average molecular weight is 351 g/mol. The second-order valence-corrected chi connectivity index (χ2v) is 7.50. The van der Waals surface area contributed by atoms with E-state index in [1.807, 2.05) is 4.90 Å². The molecule has 24 heavy (non-hydrogen) atoms. The lowest BCUT2D eigenvalue weighted by Crippen LogP contribution is -2.50. The second kappa shape index (κ2) is 7.88. The standard InChI is InChI=1S/C20H30N2O.ClH/c1-4-22(18-10-5-7-13(2)14(18)3)20(23)17-11-15-8-6-9-16(12-17)19(15)21;/h5,7,10,15-17,19H,4,6,8-9,11-12,21H2,1-3H3;1H. The van der Waals surface area contributed by atoms with Crippen molar-refractivity contribution in [1.29, 1.82) is 0 Å². The quantitative estimate of drug-likeness (QED) is 0.886. The molecule has 4 heteroatoms. The van der Waals surface area contributed by atoms with Crippen LogP contribution >= 0.6 is 12.4 Å². The van der Waals surface area contributed by atoms with Crippen molar-refractivity contribution < 1.29 is 4.79 Å². The summed E-state index contributed by atoms with van der Waals surface area (Å²) in [6, 6.07) is 6.57. The van der Waals surface area contributed by atoms with E-state index in [4.69, 9.17) is 5.73 Å². The third-order valence-corrected chi connectivity index (χ3v) is 6.21. The number of nitrogens with two attached hydrogens (primary N) is 1. The van der Waals surface area contributed by atoms with Gasteiger partial charge in [0.2, 0.25) is 5.91 Å². The Bertz CT molecular complexity index is 575. The summed E-state index contributed by atoms with van der Waals surface area (Å²) in [7, 11) is 0. The van der Waals surface area contributed by atoms with Crippen LogP contribution in [0, 0.1) is 31.6 Å². The van der Waals surface area contributed by atoms with Crippen molar-refractivity contribution >= 4 is 24.0 Å². The molecule has 2 aliphatic rings. The fourth-order valence-corrected chi connectivity index (χ4v) is 4.68. The maximum absolute atomic E-state index is 13.2. The number of aryl methyl sites for hydroxylation is 1. The van der Waals surface area contributed by atoms with Crippen LogP contribution in [0.1, 0.15) is 50.2 Å². The number of carbonyl (C=O) groups excluding carboxylic acids is 1. The first kappa shape index (κ1) is 19.3. The zero-order chi connectivity index (χ0) is 16.6. The maximum Gasteiger partial charge on any atom is 0.230 e. The van der Waals surface area contributed by atoms with Crippen molar-refractivity contribution in [3.05, 3.63) is 29.3 Å². The smallest absolute Gasteiger partial charge is 0.230 e. The summed E-state index contributed by atoms with van der Waals surface area (Å²) in [4.78, 5) is 15.2. The first-order valence-electron chi connectivity index (χ1n) is 9.16. The Labute approximate surface area is 152 Å². The Morgan fingerprint density at radius 2 is 1.83 bits per heavy atom. The molecule has 2 unspecified atom stereocenters. The van der Waals surface area contributed by atoms with Gasteiger partial charge in [-0.1, -0.05) is 18.6 Å². The van der Waals surface area contributed by atoms with Crippen molar-refractivity contribution in [1.82, 2.24) is 0 Å². The van der Waals surface area contributed by atoms with Gasteiger partial charge in [-0.3, -0.25) is 4.79 Å². The molecule has 0 spiro atoms. The minimum atomic E-state index is 0. The summed E-state index contributed by atoms with van der Waals surface area (Å²) in [6.07, 6.45) is 5.67. The Kier molecular flexibility index (Phi) is 6.33. The van der Waals surface area contributed by atoms with E-state index in [2.05, 4.69) is 39.0 Å². The van der Waals surface area contributed by atoms with E-state index in [0.29, 0.717) is 23.8 Å². The Morgan fingerprint density at radius 1 is 1.21 bits per heavy atom. The molecule has 0 heterocycles. The molecule has 3 rings (SSSR count). The van der Waals surface area contributed by atoms with E-state index in [-0.39, 0.29) is 18.3 Å². The van der Waals surface area contributed by atoms with E-state index in [0.717, 1.165) is 25.1 Å². The highest BCUT2D eigenvalue weighted by atomic mass is 35.5. The molecule has 2 N–H and O–H groups in total. The normalized spacial score (nSPS) is 28.8. The van der Waals surface area contributed by atoms with Crippen LogP contribution in [0.25, 0.3) is 0 Å². The summed E-state index contributed by atoms with van der Waals surface area (Å²) in [5, 5.41) is 0. The summed E-state index contributed by atoms with van der Waals surface area (Å²) in [5.74, 6) is 1.57. The fourth-order valence-electron chi connectivity index (χ4n) is 4.68. The maximum atomic E-state index is 13.2. The average Bonchev–Trinajstić information content (AvgIpc) is 2.51. The Morgan fingerprint density at radius 3 is 2.42 bits per heavy atom. The molecule has 2 aliphatic carbocycles. The SMILES string of the molecule is CCN(C(=O)C1CC2CCCC(C1)C2N)c1cccc(C)c1C.Cl. The van der Waals surface area contributed by atoms with Gasteiger partial charge < -0.3 is 10.6 Å². The number of amides is 1. The first-order chi connectivity index (χ1) is 11.0. The molecule has 2 atom stereocenters. The van der Waals surface area contributed by atoms with Crippen LogP contribution in [0.15, 0.2) is 18.2 Å². The molecular formula is C20H31ClN2O. The van der Waals surface area contributed by atoms with Crippen molar-refractivity contribution in [2.24, 2.45) is 23.5 Å². The van der Waals surface area contributed by atoms with E-state index >= 15 is 0 Å². The molecule has 1 aromatic carbocycles. The van der Waals surface area contributed by atoms with Crippen molar-refractivity contribution in [2.75, 3.05) is 11.4 Å². The molecule has 2 saturated carbocycles. The summed E-state index contributed by atoms with van der Waals surface area (Å²) in [5.41, 5.74) is 9.93. The van der Waals surface area contributed by atoms with Gasteiger partial charge in [-0.25, -0.2) is 0 Å². The number of carbonyl (C=O) groups is 1. The van der Waals surface area contributed by atoms with Gasteiger partial charge in [0.05, 0.1) is 0 Å². The van der Waals surface area contributed by atoms with Crippen LogP contribution in [0.2, 0.25) is 0 Å². The van der Waals surface area contributed by atoms with Crippen LogP contribution in [0.4, 0.5) is 5.69 Å². The lowest BCUT2D eigenvalue weighted by Gasteiger charge is -2.44.